The van der Waals surface area contributed by atoms with Crippen LogP contribution in [0.3, 0.4) is 0 Å². The second kappa shape index (κ2) is 8.21. The van der Waals surface area contributed by atoms with E-state index in [0.29, 0.717) is 18.3 Å². The van der Waals surface area contributed by atoms with E-state index in [1.807, 2.05) is 13.8 Å². The van der Waals surface area contributed by atoms with E-state index in [9.17, 15) is 14.7 Å². The molecule has 7 nitrogen and oxygen atoms in total. The van der Waals surface area contributed by atoms with Crippen molar-refractivity contribution in [2.45, 2.75) is 32.6 Å². The maximum atomic E-state index is 12.1. The molecule has 128 valence electrons. The Morgan fingerprint density at radius 1 is 1.57 bits per heavy atom. The predicted molar refractivity (Wildman–Crippen MR) is 87.5 cm³/mol. The summed E-state index contributed by atoms with van der Waals surface area (Å²) < 4.78 is 0. The molecule has 0 saturated carbocycles. The zero-order valence-corrected chi connectivity index (χ0v) is 13.8. The number of nitrogens with zero attached hydrogens (tertiary/aromatic N) is 2. The zero-order valence-electron chi connectivity index (χ0n) is 13.8. The highest BCUT2D eigenvalue weighted by Crippen LogP contribution is 2.14. The topological polar surface area (TPSA) is 98.3 Å². The van der Waals surface area contributed by atoms with E-state index in [1.165, 1.54) is 6.20 Å². The summed E-state index contributed by atoms with van der Waals surface area (Å²) in [4.78, 5) is 33.0. The van der Waals surface area contributed by atoms with Crippen LogP contribution in [0, 0.1) is 5.92 Å². The quantitative estimate of drug-likeness (QED) is 0.701. The monoisotopic (exact) mass is 322 g/mol. The van der Waals surface area contributed by atoms with Crippen molar-refractivity contribution >= 4 is 5.91 Å². The number of carbonyl (C=O) groups is 1. The summed E-state index contributed by atoms with van der Waals surface area (Å²) >= 11 is 0. The summed E-state index contributed by atoms with van der Waals surface area (Å²) in [7, 11) is 0. The molecule has 2 rings (SSSR count). The zero-order chi connectivity index (χ0) is 16.8. The summed E-state index contributed by atoms with van der Waals surface area (Å²) in [6, 6.07) is 0. The second-order valence-corrected chi connectivity index (χ2v) is 6.41. The molecule has 1 fully saturated rings. The van der Waals surface area contributed by atoms with E-state index in [1.54, 1.807) is 0 Å². The van der Waals surface area contributed by atoms with Crippen LogP contribution in [-0.2, 0) is 0 Å². The molecule has 0 unspecified atom stereocenters. The number of likely N-dealkylation sites (tertiary alicyclic amines) is 1. The Labute approximate surface area is 136 Å². The van der Waals surface area contributed by atoms with Crippen molar-refractivity contribution in [3.63, 3.8) is 0 Å². The van der Waals surface area contributed by atoms with Gasteiger partial charge in [-0.05, 0) is 25.3 Å². The lowest BCUT2D eigenvalue weighted by Crippen LogP contribution is -2.42. The first-order valence-electron chi connectivity index (χ1n) is 8.22. The van der Waals surface area contributed by atoms with Crippen LogP contribution in [0.15, 0.2) is 11.0 Å². The van der Waals surface area contributed by atoms with Crippen molar-refractivity contribution in [2.24, 2.45) is 5.92 Å². The molecule has 1 saturated heterocycles. The second-order valence-electron chi connectivity index (χ2n) is 6.41. The molecule has 0 bridgehead atoms. The number of piperidine rings is 1. The lowest BCUT2D eigenvalue weighted by molar-refractivity contribution is 0.0928. The number of nitrogens with one attached hydrogen (secondary N) is 2. The van der Waals surface area contributed by atoms with Crippen molar-refractivity contribution in [1.29, 1.82) is 0 Å². The average Bonchev–Trinajstić information content (AvgIpc) is 2.54. The highest BCUT2D eigenvalue weighted by atomic mass is 16.3. The molecule has 1 atom stereocenters. The molecular weight excluding hydrogens is 296 g/mol. The van der Waals surface area contributed by atoms with Crippen molar-refractivity contribution in [1.82, 2.24) is 20.2 Å². The van der Waals surface area contributed by atoms with E-state index >= 15 is 0 Å². The molecule has 0 radical (unpaired) electrons. The Bertz CT molecular complexity index is 585. The van der Waals surface area contributed by atoms with E-state index in [2.05, 4.69) is 20.2 Å². The molecule has 0 aromatic carbocycles. The maximum Gasteiger partial charge on any atom is 0.263 e. The summed E-state index contributed by atoms with van der Waals surface area (Å²) in [5.74, 6) is 0.619. The fourth-order valence-corrected chi connectivity index (χ4v) is 2.79. The van der Waals surface area contributed by atoms with Crippen molar-refractivity contribution in [3.05, 3.63) is 27.9 Å². The minimum Gasteiger partial charge on any atom is -0.396 e. The summed E-state index contributed by atoms with van der Waals surface area (Å²) in [6.07, 6.45) is 3.47. The highest BCUT2D eigenvalue weighted by Gasteiger charge is 2.19. The molecule has 23 heavy (non-hydrogen) atoms. The SMILES string of the molecule is CC(C)c1ncc(C(=O)NCCN2CCC[C@@H](CO)C2)c(=O)[nH]1. The minimum atomic E-state index is -0.403. The molecule has 2 heterocycles. The van der Waals surface area contributed by atoms with Gasteiger partial charge in [-0.15, -0.1) is 0 Å². The third kappa shape index (κ3) is 4.87. The van der Waals surface area contributed by atoms with Gasteiger partial charge in [0.1, 0.15) is 11.4 Å². The molecule has 1 aromatic heterocycles. The van der Waals surface area contributed by atoms with Gasteiger partial charge in [-0.3, -0.25) is 9.59 Å². The number of aliphatic hydroxyl groups is 1. The van der Waals surface area contributed by atoms with Gasteiger partial charge in [0.2, 0.25) is 0 Å². The molecule has 1 aliphatic heterocycles. The number of aliphatic hydroxyl groups excluding tert-OH is 1. The first-order valence-corrected chi connectivity index (χ1v) is 8.22. The van der Waals surface area contributed by atoms with Gasteiger partial charge in [0, 0.05) is 38.4 Å². The van der Waals surface area contributed by atoms with Gasteiger partial charge in [0.05, 0.1) is 0 Å². The largest absolute Gasteiger partial charge is 0.396 e. The first-order chi connectivity index (χ1) is 11.0. The number of aromatic nitrogens is 2. The van der Waals surface area contributed by atoms with Crippen molar-refractivity contribution in [2.75, 3.05) is 32.8 Å². The maximum absolute atomic E-state index is 12.1. The average molecular weight is 322 g/mol. The van der Waals surface area contributed by atoms with Crippen LogP contribution in [0.2, 0.25) is 0 Å². The number of amides is 1. The van der Waals surface area contributed by atoms with Crippen LogP contribution < -0.4 is 10.9 Å². The van der Waals surface area contributed by atoms with Gasteiger partial charge < -0.3 is 20.3 Å². The molecule has 1 aromatic rings. The molecule has 0 spiro atoms. The van der Waals surface area contributed by atoms with E-state index in [-0.39, 0.29) is 18.1 Å². The van der Waals surface area contributed by atoms with Crippen molar-refractivity contribution in [3.8, 4) is 0 Å². The molecular formula is C16H26N4O3. The van der Waals surface area contributed by atoms with Crippen LogP contribution in [0.5, 0.6) is 0 Å². The summed E-state index contributed by atoms with van der Waals surface area (Å²) in [5.41, 5.74) is -0.360. The third-order valence-corrected chi connectivity index (χ3v) is 4.19. The van der Waals surface area contributed by atoms with Gasteiger partial charge in [0.15, 0.2) is 0 Å². The lowest BCUT2D eigenvalue weighted by atomic mass is 9.99. The number of hydrogen-bond acceptors (Lipinski definition) is 5. The van der Waals surface area contributed by atoms with E-state index in [4.69, 9.17) is 0 Å². The van der Waals surface area contributed by atoms with Gasteiger partial charge in [-0.1, -0.05) is 13.8 Å². The van der Waals surface area contributed by atoms with Gasteiger partial charge >= 0.3 is 0 Å². The molecule has 7 heteroatoms. The number of hydrogen-bond donors (Lipinski definition) is 3. The molecule has 1 amide bonds. The summed E-state index contributed by atoms with van der Waals surface area (Å²) in [5, 5.41) is 12.0. The predicted octanol–water partition coefficient (Wildman–Crippen LogP) is 0.327. The fraction of sp³-hybridized carbons (Fsp3) is 0.688. The normalized spacial score (nSPS) is 19.0. The van der Waals surface area contributed by atoms with Crippen molar-refractivity contribution < 1.29 is 9.90 Å². The number of carbonyl (C=O) groups excluding carboxylic acids is 1. The van der Waals surface area contributed by atoms with Gasteiger partial charge in [-0.25, -0.2) is 4.98 Å². The van der Waals surface area contributed by atoms with E-state index < -0.39 is 11.5 Å². The number of aromatic amines is 1. The smallest absolute Gasteiger partial charge is 0.263 e. The van der Waals surface area contributed by atoms with E-state index in [0.717, 1.165) is 32.5 Å². The Morgan fingerprint density at radius 2 is 2.35 bits per heavy atom. The van der Waals surface area contributed by atoms with Gasteiger partial charge in [-0.2, -0.15) is 0 Å². The number of rotatable bonds is 6. The standard InChI is InChI=1S/C16H26N4O3/c1-11(2)14-18-8-13(16(23)19-14)15(22)17-5-7-20-6-3-4-12(9-20)10-21/h8,11-12,21H,3-7,9-10H2,1-2H3,(H,17,22)(H,18,19,23)/t12-/m1/s1. The minimum absolute atomic E-state index is 0.0429. The Balaban J connectivity index is 1.84. The van der Waals surface area contributed by atoms with Crippen LogP contribution in [0.25, 0.3) is 0 Å². The van der Waals surface area contributed by atoms with Crippen LogP contribution >= 0.6 is 0 Å². The Kier molecular flexibility index (Phi) is 6.29. The van der Waals surface area contributed by atoms with Crippen LogP contribution in [0.4, 0.5) is 0 Å². The molecule has 0 aliphatic carbocycles. The highest BCUT2D eigenvalue weighted by molar-refractivity contribution is 5.93. The summed E-state index contributed by atoms with van der Waals surface area (Å²) in [6.45, 7) is 7.11. The Hall–Kier alpha value is -1.73. The molecule has 1 aliphatic rings. The number of H-pyrrole nitrogens is 1. The fourth-order valence-electron chi connectivity index (χ4n) is 2.79. The third-order valence-electron chi connectivity index (χ3n) is 4.19. The van der Waals surface area contributed by atoms with Crippen LogP contribution in [-0.4, -0.2) is 58.7 Å². The first kappa shape index (κ1) is 17.6. The van der Waals surface area contributed by atoms with Crippen LogP contribution in [0.1, 0.15) is 48.8 Å². The molecule has 3 N–H and O–H groups in total. The lowest BCUT2D eigenvalue weighted by Gasteiger charge is -2.31. The van der Waals surface area contributed by atoms with Gasteiger partial charge in [0.25, 0.3) is 11.5 Å². The Morgan fingerprint density at radius 3 is 3.00 bits per heavy atom.